The predicted molar refractivity (Wildman–Crippen MR) is 125 cm³/mol. The SMILES string of the molecule is O=C(NN=Cc1ccc(Sc2cccc3cccnc23)o1)c1cc2ccccc2cc1O. The van der Waals surface area contributed by atoms with Gasteiger partial charge in [0.2, 0.25) is 0 Å². The highest BCUT2D eigenvalue weighted by Gasteiger charge is 2.12. The number of rotatable bonds is 5. The molecular formula is C25H17N3O3S. The Bertz CT molecular complexity index is 1470. The second-order valence-corrected chi connectivity index (χ2v) is 8.05. The number of nitrogens with zero attached hydrogens (tertiary/aromatic N) is 2. The van der Waals surface area contributed by atoms with Crippen LogP contribution in [0.5, 0.6) is 5.75 Å². The van der Waals surface area contributed by atoms with Crippen LogP contribution < -0.4 is 5.43 Å². The predicted octanol–water partition coefficient (Wildman–Crippen LogP) is 5.60. The minimum Gasteiger partial charge on any atom is -0.507 e. The fourth-order valence-electron chi connectivity index (χ4n) is 3.35. The number of furan rings is 1. The van der Waals surface area contributed by atoms with Gasteiger partial charge in [-0.3, -0.25) is 9.78 Å². The maximum Gasteiger partial charge on any atom is 0.275 e. The number of aromatic nitrogens is 1. The minimum atomic E-state index is -0.507. The molecule has 2 N–H and O–H groups in total. The Labute approximate surface area is 187 Å². The Morgan fingerprint density at radius 2 is 1.75 bits per heavy atom. The molecule has 0 saturated heterocycles. The molecule has 0 atom stereocenters. The Hall–Kier alpha value is -4.10. The highest BCUT2D eigenvalue weighted by atomic mass is 32.2. The van der Waals surface area contributed by atoms with E-state index >= 15 is 0 Å². The van der Waals surface area contributed by atoms with Crippen molar-refractivity contribution in [2.75, 3.05) is 0 Å². The standard InChI is InChI=1S/C25H17N3O3S/c29-21-14-18-6-2-1-5-17(18)13-20(21)25(30)28-27-15-19-10-11-23(31-19)32-22-9-3-7-16-8-4-12-26-24(16)22/h1-15,29H,(H,28,30). The monoisotopic (exact) mass is 439 g/mol. The van der Waals surface area contributed by atoms with Gasteiger partial charge in [-0.05, 0) is 58.9 Å². The number of para-hydroxylation sites is 1. The first-order chi connectivity index (χ1) is 15.7. The van der Waals surface area contributed by atoms with Crippen LogP contribution in [0.25, 0.3) is 21.7 Å². The van der Waals surface area contributed by atoms with Crippen LogP contribution in [0.2, 0.25) is 0 Å². The van der Waals surface area contributed by atoms with Crippen LogP contribution in [0.4, 0.5) is 0 Å². The van der Waals surface area contributed by atoms with Crippen molar-refractivity contribution in [3.05, 3.63) is 96.4 Å². The van der Waals surface area contributed by atoms with E-state index in [-0.39, 0.29) is 11.3 Å². The van der Waals surface area contributed by atoms with E-state index in [4.69, 9.17) is 4.42 Å². The molecule has 6 nitrogen and oxygen atoms in total. The van der Waals surface area contributed by atoms with Crippen LogP contribution in [0.1, 0.15) is 16.1 Å². The third-order valence-corrected chi connectivity index (χ3v) is 5.84. The molecule has 0 aliphatic carbocycles. The highest BCUT2D eigenvalue weighted by molar-refractivity contribution is 7.99. The van der Waals surface area contributed by atoms with Gasteiger partial charge in [-0.25, -0.2) is 5.43 Å². The fraction of sp³-hybridized carbons (Fsp3) is 0. The summed E-state index contributed by atoms with van der Waals surface area (Å²) >= 11 is 1.47. The first-order valence-corrected chi connectivity index (χ1v) is 10.7. The Kier molecular flexibility index (Phi) is 5.31. The van der Waals surface area contributed by atoms with Crippen molar-refractivity contribution < 1.29 is 14.3 Å². The van der Waals surface area contributed by atoms with Crippen molar-refractivity contribution in [1.82, 2.24) is 10.4 Å². The van der Waals surface area contributed by atoms with Crippen molar-refractivity contribution in [3.8, 4) is 5.75 Å². The van der Waals surface area contributed by atoms with Gasteiger partial charge in [0, 0.05) is 16.5 Å². The zero-order valence-corrected chi connectivity index (χ0v) is 17.5. The highest BCUT2D eigenvalue weighted by Crippen LogP contribution is 2.33. The van der Waals surface area contributed by atoms with Gasteiger partial charge in [0.25, 0.3) is 5.91 Å². The fourth-order valence-corrected chi connectivity index (χ4v) is 4.26. The summed E-state index contributed by atoms with van der Waals surface area (Å²) in [6.45, 7) is 0. The molecule has 0 fully saturated rings. The molecular weight excluding hydrogens is 422 g/mol. The number of pyridine rings is 1. The summed E-state index contributed by atoms with van der Waals surface area (Å²) in [7, 11) is 0. The topological polar surface area (TPSA) is 87.7 Å². The summed E-state index contributed by atoms with van der Waals surface area (Å²) in [5.74, 6) is -0.118. The van der Waals surface area contributed by atoms with Crippen molar-refractivity contribution in [2.24, 2.45) is 5.10 Å². The van der Waals surface area contributed by atoms with E-state index in [1.807, 2.05) is 60.7 Å². The minimum absolute atomic E-state index is 0.100. The summed E-state index contributed by atoms with van der Waals surface area (Å²) in [5.41, 5.74) is 3.49. The summed E-state index contributed by atoms with van der Waals surface area (Å²) < 4.78 is 5.79. The van der Waals surface area contributed by atoms with Gasteiger partial charge in [0.1, 0.15) is 11.5 Å². The van der Waals surface area contributed by atoms with Gasteiger partial charge in [0.15, 0.2) is 5.09 Å². The third-order valence-electron chi connectivity index (χ3n) is 4.87. The van der Waals surface area contributed by atoms with E-state index in [0.717, 1.165) is 26.6 Å². The number of hydrogen-bond donors (Lipinski definition) is 2. The maximum atomic E-state index is 12.4. The van der Waals surface area contributed by atoms with Gasteiger partial charge in [-0.2, -0.15) is 5.10 Å². The molecule has 3 aromatic carbocycles. The van der Waals surface area contributed by atoms with Gasteiger partial charge < -0.3 is 9.52 Å². The first-order valence-electron chi connectivity index (χ1n) is 9.84. The Morgan fingerprint density at radius 3 is 2.62 bits per heavy atom. The van der Waals surface area contributed by atoms with Crippen molar-refractivity contribution >= 4 is 45.6 Å². The number of nitrogens with one attached hydrogen (secondary N) is 1. The van der Waals surface area contributed by atoms with Gasteiger partial charge in [0.05, 0.1) is 17.3 Å². The molecule has 5 aromatic rings. The molecule has 7 heteroatoms. The molecule has 0 aliphatic rings. The molecule has 0 aliphatic heterocycles. The van der Waals surface area contributed by atoms with Gasteiger partial charge in [-0.1, -0.05) is 42.5 Å². The second-order valence-electron chi connectivity index (χ2n) is 7.01. The normalized spacial score (nSPS) is 11.4. The summed E-state index contributed by atoms with van der Waals surface area (Å²) in [5, 5.41) is 17.6. The summed E-state index contributed by atoms with van der Waals surface area (Å²) in [6, 6.07) is 24.2. The molecule has 0 spiro atoms. The molecule has 0 radical (unpaired) electrons. The molecule has 1 amide bonds. The van der Waals surface area contributed by atoms with Crippen molar-refractivity contribution in [3.63, 3.8) is 0 Å². The van der Waals surface area contributed by atoms with E-state index in [0.29, 0.717) is 10.9 Å². The number of hydrazone groups is 1. The van der Waals surface area contributed by atoms with Crippen LogP contribution in [-0.2, 0) is 0 Å². The van der Waals surface area contributed by atoms with Crippen molar-refractivity contribution in [1.29, 1.82) is 0 Å². The molecule has 32 heavy (non-hydrogen) atoms. The number of fused-ring (bicyclic) bond motifs is 2. The second kappa shape index (κ2) is 8.56. The number of amides is 1. The lowest BCUT2D eigenvalue weighted by molar-refractivity contribution is 0.0952. The zero-order valence-electron chi connectivity index (χ0n) is 16.7. The number of benzene rings is 3. The Morgan fingerprint density at radius 1 is 0.969 bits per heavy atom. The first kappa shape index (κ1) is 19.8. The third kappa shape index (κ3) is 4.06. The number of phenols is 1. The van der Waals surface area contributed by atoms with Crippen molar-refractivity contribution in [2.45, 2.75) is 9.99 Å². The van der Waals surface area contributed by atoms with Crippen LogP contribution in [0.3, 0.4) is 0 Å². The summed E-state index contributed by atoms with van der Waals surface area (Å²) in [4.78, 5) is 17.9. The number of aromatic hydroxyl groups is 1. The maximum absolute atomic E-state index is 12.4. The molecule has 2 heterocycles. The van der Waals surface area contributed by atoms with E-state index in [1.165, 1.54) is 18.0 Å². The lowest BCUT2D eigenvalue weighted by atomic mass is 10.1. The lowest BCUT2D eigenvalue weighted by Gasteiger charge is -2.05. The average Bonchev–Trinajstić information content (AvgIpc) is 3.26. The van der Waals surface area contributed by atoms with Crippen LogP contribution >= 0.6 is 11.8 Å². The molecule has 0 saturated carbocycles. The van der Waals surface area contributed by atoms with E-state index in [9.17, 15) is 9.90 Å². The average molecular weight is 439 g/mol. The summed E-state index contributed by atoms with van der Waals surface area (Å²) in [6.07, 6.45) is 3.18. The lowest BCUT2D eigenvalue weighted by Crippen LogP contribution is -2.17. The molecule has 0 unspecified atom stereocenters. The van der Waals surface area contributed by atoms with Gasteiger partial charge in [-0.15, -0.1) is 0 Å². The van der Waals surface area contributed by atoms with Crippen LogP contribution in [0, 0.1) is 0 Å². The Balaban J connectivity index is 1.28. The van der Waals surface area contributed by atoms with E-state index in [2.05, 4.69) is 15.5 Å². The zero-order chi connectivity index (χ0) is 21.9. The van der Waals surface area contributed by atoms with Crippen LogP contribution in [-0.4, -0.2) is 22.2 Å². The van der Waals surface area contributed by atoms with Crippen LogP contribution in [0.15, 0.2) is 105 Å². The number of carbonyl (C=O) groups is 1. The molecule has 156 valence electrons. The smallest absolute Gasteiger partial charge is 0.275 e. The number of carbonyl (C=O) groups excluding carboxylic acids is 1. The number of hydrogen-bond acceptors (Lipinski definition) is 6. The quantitative estimate of drug-likeness (QED) is 0.275. The molecule has 5 rings (SSSR count). The molecule has 0 bridgehead atoms. The molecule has 2 aromatic heterocycles. The largest absolute Gasteiger partial charge is 0.507 e. The number of phenolic OH excluding ortho intramolecular Hbond substituents is 1. The van der Waals surface area contributed by atoms with E-state index < -0.39 is 5.91 Å². The van der Waals surface area contributed by atoms with Gasteiger partial charge >= 0.3 is 0 Å². The van der Waals surface area contributed by atoms with E-state index in [1.54, 1.807) is 24.4 Å².